The van der Waals surface area contributed by atoms with Gasteiger partial charge in [0.15, 0.2) is 5.65 Å². The van der Waals surface area contributed by atoms with E-state index in [0.29, 0.717) is 11.4 Å². The number of rotatable bonds is 4. The molecule has 0 radical (unpaired) electrons. The van der Waals surface area contributed by atoms with Crippen molar-refractivity contribution in [2.24, 2.45) is 5.73 Å². The molecular formula is C15H13Cl2N5O3S. The number of para-hydroxylation sites is 1. The molecule has 1 amide bonds. The number of anilines is 1. The van der Waals surface area contributed by atoms with Crippen molar-refractivity contribution in [3.05, 3.63) is 51.3 Å². The number of benzene rings is 1. The van der Waals surface area contributed by atoms with E-state index in [2.05, 4.69) is 14.8 Å². The fraction of sp³-hybridized carbons (Fsp3) is 0.133. The SMILES string of the molecule is Cc1cc(C)n2nc(S(=O)(=O)Nc3c(Cl)cccc3Cl)c(C(N)=O)c2n1. The summed E-state index contributed by atoms with van der Waals surface area (Å²) >= 11 is 12.0. The fourth-order valence-electron chi connectivity index (χ4n) is 2.48. The lowest BCUT2D eigenvalue weighted by Gasteiger charge is -2.10. The minimum atomic E-state index is -4.32. The van der Waals surface area contributed by atoms with Gasteiger partial charge in [-0.1, -0.05) is 29.3 Å². The van der Waals surface area contributed by atoms with Gasteiger partial charge in [-0.05, 0) is 32.0 Å². The van der Waals surface area contributed by atoms with Gasteiger partial charge >= 0.3 is 0 Å². The second kappa shape index (κ2) is 6.42. The summed E-state index contributed by atoms with van der Waals surface area (Å²) < 4.78 is 29.2. The van der Waals surface area contributed by atoms with Crippen molar-refractivity contribution in [3.8, 4) is 0 Å². The zero-order valence-corrected chi connectivity index (χ0v) is 15.9. The molecule has 3 rings (SSSR count). The molecule has 0 aliphatic heterocycles. The molecule has 0 unspecified atom stereocenters. The summed E-state index contributed by atoms with van der Waals surface area (Å²) in [5.41, 5.74) is 6.29. The number of nitrogens with zero attached hydrogens (tertiary/aromatic N) is 3. The number of carbonyl (C=O) groups excluding carboxylic acids is 1. The lowest BCUT2D eigenvalue weighted by Crippen LogP contribution is -2.20. The molecular weight excluding hydrogens is 401 g/mol. The van der Waals surface area contributed by atoms with E-state index in [-0.39, 0.29) is 26.9 Å². The predicted molar refractivity (Wildman–Crippen MR) is 98.2 cm³/mol. The van der Waals surface area contributed by atoms with Crippen molar-refractivity contribution >= 4 is 50.5 Å². The summed E-state index contributed by atoms with van der Waals surface area (Å²) in [6.45, 7) is 3.41. The molecule has 0 saturated heterocycles. The highest BCUT2D eigenvalue weighted by molar-refractivity contribution is 7.92. The summed E-state index contributed by atoms with van der Waals surface area (Å²) in [5.74, 6) is -0.969. The van der Waals surface area contributed by atoms with Crippen LogP contribution >= 0.6 is 23.2 Å². The number of primary amides is 1. The molecule has 3 aromatic rings. The van der Waals surface area contributed by atoms with E-state index in [1.807, 2.05) is 0 Å². The largest absolute Gasteiger partial charge is 0.365 e. The molecule has 0 spiro atoms. The zero-order valence-electron chi connectivity index (χ0n) is 13.6. The van der Waals surface area contributed by atoms with Crippen LogP contribution in [-0.4, -0.2) is 28.9 Å². The van der Waals surface area contributed by atoms with Gasteiger partial charge in [0.1, 0.15) is 5.56 Å². The Kier molecular flexibility index (Phi) is 4.55. The molecule has 0 fully saturated rings. The molecule has 0 atom stereocenters. The van der Waals surface area contributed by atoms with Crippen LogP contribution in [0.25, 0.3) is 5.65 Å². The lowest BCUT2D eigenvalue weighted by molar-refractivity contribution is 0.0998. The molecule has 136 valence electrons. The summed E-state index contributed by atoms with van der Waals surface area (Å²) in [4.78, 5) is 16.1. The van der Waals surface area contributed by atoms with E-state index < -0.39 is 21.0 Å². The van der Waals surface area contributed by atoms with Crippen LogP contribution in [0.2, 0.25) is 10.0 Å². The van der Waals surface area contributed by atoms with Gasteiger partial charge < -0.3 is 5.73 Å². The van der Waals surface area contributed by atoms with E-state index in [4.69, 9.17) is 28.9 Å². The zero-order chi connectivity index (χ0) is 19.2. The fourth-order valence-corrected chi connectivity index (χ4v) is 4.32. The van der Waals surface area contributed by atoms with Crippen LogP contribution in [0.1, 0.15) is 21.7 Å². The molecule has 2 heterocycles. The molecule has 0 aliphatic carbocycles. The quantitative estimate of drug-likeness (QED) is 0.680. The number of fused-ring (bicyclic) bond motifs is 1. The minimum absolute atomic E-state index is 0.0239. The van der Waals surface area contributed by atoms with Crippen molar-refractivity contribution in [3.63, 3.8) is 0 Å². The van der Waals surface area contributed by atoms with E-state index >= 15 is 0 Å². The second-order valence-electron chi connectivity index (χ2n) is 5.52. The maximum atomic E-state index is 12.9. The summed E-state index contributed by atoms with van der Waals surface area (Å²) in [6, 6.07) is 6.20. The Balaban J connectivity index is 2.25. The Morgan fingerprint density at radius 1 is 1.23 bits per heavy atom. The molecule has 8 nitrogen and oxygen atoms in total. The Morgan fingerprint density at radius 2 is 1.85 bits per heavy atom. The topological polar surface area (TPSA) is 119 Å². The highest BCUT2D eigenvalue weighted by Crippen LogP contribution is 2.32. The Bertz CT molecular complexity index is 1140. The van der Waals surface area contributed by atoms with Crippen LogP contribution in [-0.2, 0) is 10.0 Å². The second-order valence-corrected chi connectivity index (χ2v) is 7.93. The Labute approximate surface area is 159 Å². The number of hydrogen-bond acceptors (Lipinski definition) is 5. The molecule has 2 aromatic heterocycles. The molecule has 0 bridgehead atoms. The average molecular weight is 414 g/mol. The van der Waals surface area contributed by atoms with Gasteiger partial charge in [0.25, 0.3) is 15.9 Å². The molecule has 0 aliphatic rings. The molecule has 26 heavy (non-hydrogen) atoms. The van der Waals surface area contributed by atoms with Gasteiger partial charge in [-0.3, -0.25) is 9.52 Å². The molecule has 3 N–H and O–H groups in total. The number of amides is 1. The molecule has 11 heteroatoms. The van der Waals surface area contributed by atoms with Crippen LogP contribution < -0.4 is 10.5 Å². The third kappa shape index (κ3) is 3.09. The first kappa shape index (κ1) is 18.4. The van der Waals surface area contributed by atoms with E-state index in [1.165, 1.54) is 16.6 Å². The van der Waals surface area contributed by atoms with Gasteiger partial charge in [0.05, 0.1) is 15.7 Å². The average Bonchev–Trinajstić information content (AvgIpc) is 2.92. The molecule has 0 saturated carbocycles. The maximum Gasteiger partial charge on any atom is 0.282 e. The van der Waals surface area contributed by atoms with E-state index in [9.17, 15) is 13.2 Å². The lowest BCUT2D eigenvalue weighted by atomic mass is 10.3. The number of hydrogen-bond donors (Lipinski definition) is 2. The van der Waals surface area contributed by atoms with Crippen molar-refractivity contribution < 1.29 is 13.2 Å². The van der Waals surface area contributed by atoms with Gasteiger partial charge in [0, 0.05) is 11.4 Å². The van der Waals surface area contributed by atoms with Crippen molar-refractivity contribution in [2.45, 2.75) is 18.9 Å². The van der Waals surface area contributed by atoms with Crippen LogP contribution in [0.3, 0.4) is 0 Å². The normalized spacial score (nSPS) is 11.7. The third-order valence-electron chi connectivity index (χ3n) is 3.56. The summed E-state index contributed by atoms with van der Waals surface area (Å²) in [7, 11) is -4.32. The Hall–Kier alpha value is -2.36. The van der Waals surface area contributed by atoms with Gasteiger partial charge in [0.2, 0.25) is 5.03 Å². The first-order chi connectivity index (χ1) is 12.1. The minimum Gasteiger partial charge on any atom is -0.365 e. The number of carbonyl (C=O) groups is 1. The highest BCUT2D eigenvalue weighted by atomic mass is 35.5. The Morgan fingerprint density at radius 3 is 2.42 bits per heavy atom. The molecule has 1 aromatic carbocycles. The van der Waals surface area contributed by atoms with Crippen LogP contribution in [0, 0.1) is 13.8 Å². The predicted octanol–water partition coefficient (Wildman–Crippen LogP) is 2.55. The summed E-state index contributed by atoms with van der Waals surface area (Å²) in [6.07, 6.45) is 0. The number of aryl methyl sites for hydroxylation is 2. The third-order valence-corrected chi connectivity index (χ3v) is 5.46. The first-order valence-corrected chi connectivity index (χ1v) is 9.49. The number of halogens is 2. The standard InChI is InChI=1S/C15H13Cl2N5O3S/c1-7-6-8(2)22-14(19-7)11(13(18)23)15(20-22)26(24,25)21-12-9(16)4-3-5-10(12)17/h3-6,21H,1-2H3,(H2,18,23). The number of aromatic nitrogens is 3. The number of nitrogens with two attached hydrogens (primary N) is 1. The van der Waals surface area contributed by atoms with Crippen molar-refractivity contribution in [1.82, 2.24) is 14.6 Å². The summed E-state index contributed by atoms with van der Waals surface area (Å²) in [5, 5.41) is 3.65. The van der Waals surface area contributed by atoms with Gasteiger partial charge in [-0.2, -0.15) is 13.5 Å². The first-order valence-electron chi connectivity index (χ1n) is 7.25. The smallest absolute Gasteiger partial charge is 0.282 e. The monoisotopic (exact) mass is 413 g/mol. The van der Waals surface area contributed by atoms with Gasteiger partial charge in [-0.25, -0.2) is 9.50 Å². The van der Waals surface area contributed by atoms with Crippen LogP contribution in [0.5, 0.6) is 0 Å². The van der Waals surface area contributed by atoms with Crippen molar-refractivity contribution in [1.29, 1.82) is 0 Å². The van der Waals surface area contributed by atoms with E-state index in [1.54, 1.807) is 26.0 Å². The van der Waals surface area contributed by atoms with E-state index in [0.717, 1.165) is 0 Å². The number of nitrogens with one attached hydrogen (secondary N) is 1. The number of sulfonamides is 1. The van der Waals surface area contributed by atoms with Crippen molar-refractivity contribution in [2.75, 3.05) is 4.72 Å². The van der Waals surface area contributed by atoms with Crippen LogP contribution in [0.4, 0.5) is 5.69 Å². The highest BCUT2D eigenvalue weighted by Gasteiger charge is 2.30. The van der Waals surface area contributed by atoms with Gasteiger partial charge in [-0.15, -0.1) is 0 Å². The van der Waals surface area contributed by atoms with Crippen LogP contribution in [0.15, 0.2) is 29.3 Å². The maximum absolute atomic E-state index is 12.9.